The largest absolute Gasteiger partial charge is 0.360 e. The molecule has 60 valence electrons. The lowest BCUT2D eigenvalue weighted by Gasteiger charge is -2.04. The highest BCUT2D eigenvalue weighted by Crippen LogP contribution is 2.05. The molecule has 11 heavy (non-hydrogen) atoms. The first-order valence-corrected chi connectivity index (χ1v) is 3.41. The Hall–Kier alpha value is -0.930. The van der Waals surface area contributed by atoms with Gasteiger partial charge in [0.25, 0.3) is 0 Å². The van der Waals surface area contributed by atoms with Gasteiger partial charge in [-0.25, -0.2) is 4.57 Å². The number of nitrogens with zero attached hydrogens (tertiary/aromatic N) is 1. The van der Waals surface area contributed by atoms with Gasteiger partial charge in [-0.1, -0.05) is 0 Å². The molecule has 0 saturated heterocycles. The van der Waals surface area contributed by atoms with Crippen LogP contribution in [0, 0.1) is 0 Å². The molecule has 0 aromatic carbocycles. The smallest absolute Gasteiger partial charge is 0.242 e. The van der Waals surface area contributed by atoms with Crippen LogP contribution in [-0.4, -0.2) is 12.2 Å². The van der Waals surface area contributed by atoms with E-state index in [4.69, 9.17) is 4.74 Å². The Morgan fingerprint density at radius 1 is 1.55 bits per heavy atom. The van der Waals surface area contributed by atoms with Crippen LogP contribution in [0.2, 0.25) is 0 Å². The maximum atomic E-state index is 9.27. The van der Waals surface area contributed by atoms with Crippen molar-refractivity contribution in [3.05, 3.63) is 30.1 Å². The fourth-order valence-electron chi connectivity index (χ4n) is 0.914. The maximum absolute atomic E-state index is 9.27. The van der Waals surface area contributed by atoms with Gasteiger partial charge in [0.05, 0.1) is 0 Å². The standard InChI is InChI=1S/C8H12NO2/c1-9-6-4-3-5-7(9)8(10)11-2/h3-6,8,10H,1-2H3/q+1. The Kier molecular flexibility index (Phi) is 2.57. The zero-order valence-electron chi connectivity index (χ0n) is 6.69. The SMILES string of the molecule is COC(O)c1cccc[n+]1C. The number of ether oxygens (including phenoxy) is 1. The summed E-state index contributed by atoms with van der Waals surface area (Å²) in [6, 6.07) is 5.57. The highest BCUT2D eigenvalue weighted by atomic mass is 16.6. The minimum absolute atomic E-state index is 0.745. The molecule has 0 aliphatic carbocycles. The summed E-state index contributed by atoms with van der Waals surface area (Å²) in [7, 11) is 3.33. The highest BCUT2D eigenvalue weighted by Gasteiger charge is 2.14. The van der Waals surface area contributed by atoms with Gasteiger partial charge in [0, 0.05) is 19.2 Å². The molecule has 1 atom stereocenters. The van der Waals surface area contributed by atoms with E-state index in [2.05, 4.69) is 0 Å². The first-order valence-electron chi connectivity index (χ1n) is 3.41. The molecule has 3 nitrogen and oxygen atoms in total. The molecule has 1 rings (SSSR count). The van der Waals surface area contributed by atoms with Gasteiger partial charge in [-0.2, -0.15) is 0 Å². The molecule has 1 heterocycles. The molecule has 0 fully saturated rings. The highest BCUT2D eigenvalue weighted by molar-refractivity contribution is 4.97. The van der Waals surface area contributed by atoms with E-state index in [0.717, 1.165) is 5.69 Å². The van der Waals surface area contributed by atoms with Crippen molar-refractivity contribution in [1.29, 1.82) is 0 Å². The number of aliphatic hydroxyl groups is 1. The lowest BCUT2D eigenvalue weighted by Crippen LogP contribution is -2.34. The van der Waals surface area contributed by atoms with E-state index < -0.39 is 6.29 Å². The summed E-state index contributed by atoms with van der Waals surface area (Å²) in [5.41, 5.74) is 0.745. The van der Waals surface area contributed by atoms with Gasteiger partial charge in [0.15, 0.2) is 6.20 Å². The molecule has 1 aromatic rings. The van der Waals surface area contributed by atoms with Crippen LogP contribution in [0.4, 0.5) is 0 Å². The van der Waals surface area contributed by atoms with Crippen molar-refractivity contribution in [2.45, 2.75) is 6.29 Å². The monoisotopic (exact) mass is 154 g/mol. The predicted molar refractivity (Wildman–Crippen MR) is 39.6 cm³/mol. The minimum atomic E-state index is -0.832. The normalized spacial score (nSPS) is 13.0. The van der Waals surface area contributed by atoms with Crippen molar-refractivity contribution in [3.63, 3.8) is 0 Å². The summed E-state index contributed by atoms with van der Waals surface area (Å²) in [5.74, 6) is 0. The van der Waals surface area contributed by atoms with Gasteiger partial charge >= 0.3 is 0 Å². The number of aliphatic hydroxyl groups excluding tert-OH is 1. The number of methoxy groups -OCH3 is 1. The molecule has 3 heteroatoms. The Balaban J connectivity index is 2.93. The van der Waals surface area contributed by atoms with Gasteiger partial charge in [-0.15, -0.1) is 0 Å². The molecule has 1 unspecified atom stereocenters. The first-order chi connectivity index (χ1) is 5.25. The lowest BCUT2D eigenvalue weighted by molar-refractivity contribution is -0.686. The quantitative estimate of drug-likeness (QED) is 0.486. The second kappa shape index (κ2) is 3.46. The molecule has 0 saturated carbocycles. The van der Waals surface area contributed by atoms with E-state index in [9.17, 15) is 5.11 Å². The van der Waals surface area contributed by atoms with Crippen molar-refractivity contribution < 1.29 is 14.4 Å². The summed E-state index contributed by atoms with van der Waals surface area (Å²) < 4.78 is 6.57. The molecular weight excluding hydrogens is 142 g/mol. The van der Waals surface area contributed by atoms with E-state index in [1.807, 2.05) is 36.0 Å². The summed E-state index contributed by atoms with van der Waals surface area (Å²) in [4.78, 5) is 0. The topological polar surface area (TPSA) is 33.3 Å². The second-order valence-electron chi connectivity index (χ2n) is 2.32. The zero-order chi connectivity index (χ0) is 8.27. The van der Waals surface area contributed by atoms with Gasteiger partial charge in [0.2, 0.25) is 12.0 Å². The number of aromatic nitrogens is 1. The van der Waals surface area contributed by atoms with E-state index in [0.29, 0.717) is 0 Å². The zero-order valence-corrected chi connectivity index (χ0v) is 6.69. The maximum Gasteiger partial charge on any atom is 0.242 e. The summed E-state index contributed by atoms with van der Waals surface area (Å²) in [6.07, 6.45) is 1.03. The Morgan fingerprint density at radius 2 is 2.27 bits per heavy atom. The number of pyridine rings is 1. The minimum Gasteiger partial charge on any atom is -0.360 e. The van der Waals surface area contributed by atoms with Crippen LogP contribution in [0.5, 0.6) is 0 Å². The van der Waals surface area contributed by atoms with Crippen LogP contribution in [0.25, 0.3) is 0 Å². The van der Waals surface area contributed by atoms with Crippen LogP contribution >= 0.6 is 0 Å². The van der Waals surface area contributed by atoms with Crippen molar-refractivity contribution in [1.82, 2.24) is 0 Å². The fraction of sp³-hybridized carbons (Fsp3) is 0.375. The van der Waals surface area contributed by atoms with E-state index in [-0.39, 0.29) is 0 Å². The average Bonchev–Trinajstić information content (AvgIpc) is 2.04. The third-order valence-corrected chi connectivity index (χ3v) is 1.57. The van der Waals surface area contributed by atoms with Crippen molar-refractivity contribution in [3.8, 4) is 0 Å². The van der Waals surface area contributed by atoms with Crippen LogP contribution in [0.1, 0.15) is 12.0 Å². The molecule has 0 aliphatic heterocycles. The van der Waals surface area contributed by atoms with E-state index in [1.165, 1.54) is 7.11 Å². The summed E-state index contributed by atoms with van der Waals surface area (Å²) >= 11 is 0. The molecule has 1 N–H and O–H groups in total. The second-order valence-corrected chi connectivity index (χ2v) is 2.32. The van der Waals surface area contributed by atoms with Crippen LogP contribution in [0.15, 0.2) is 24.4 Å². The number of hydrogen-bond donors (Lipinski definition) is 1. The molecule has 0 spiro atoms. The third-order valence-electron chi connectivity index (χ3n) is 1.57. The molecule has 1 aromatic heterocycles. The Labute approximate surface area is 65.9 Å². The first kappa shape index (κ1) is 8.17. The van der Waals surface area contributed by atoms with Crippen molar-refractivity contribution in [2.75, 3.05) is 7.11 Å². The number of hydrogen-bond acceptors (Lipinski definition) is 2. The average molecular weight is 154 g/mol. The molecule has 0 radical (unpaired) electrons. The fourth-order valence-corrected chi connectivity index (χ4v) is 0.914. The Bertz CT molecular complexity index is 237. The van der Waals surface area contributed by atoms with Crippen LogP contribution in [-0.2, 0) is 11.8 Å². The Morgan fingerprint density at radius 3 is 2.82 bits per heavy atom. The lowest BCUT2D eigenvalue weighted by atomic mass is 10.3. The number of rotatable bonds is 2. The molecular formula is C8H12NO2+. The molecule has 0 amide bonds. The summed E-state index contributed by atoms with van der Waals surface area (Å²) in [5, 5.41) is 9.27. The van der Waals surface area contributed by atoms with Crippen LogP contribution < -0.4 is 4.57 Å². The van der Waals surface area contributed by atoms with E-state index >= 15 is 0 Å². The molecule has 0 aliphatic rings. The van der Waals surface area contributed by atoms with Crippen molar-refractivity contribution >= 4 is 0 Å². The van der Waals surface area contributed by atoms with Gasteiger partial charge in [0.1, 0.15) is 7.05 Å². The third kappa shape index (κ3) is 1.76. The number of aryl methyl sites for hydroxylation is 1. The predicted octanol–water partition coefficient (Wildman–Crippen LogP) is 0.148. The van der Waals surface area contributed by atoms with E-state index in [1.54, 1.807) is 0 Å². The van der Waals surface area contributed by atoms with Gasteiger partial charge in [-0.05, 0) is 6.07 Å². The van der Waals surface area contributed by atoms with Gasteiger partial charge < -0.3 is 9.84 Å². The van der Waals surface area contributed by atoms with Crippen molar-refractivity contribution in [2.24, 2.45) is 7.05 Å². The van der Waals surface area contributed by atoms with Crippen LogP contribution in [0.3, 0.4) is 0 Å². The molecule has 0 bridgehead atoms. The summed E-state index contributed by atoms with van der Waals surface area (Å²) in [6.45, 7) is 0. The van der Waals surface area contributed by atoms with Gasteiger partial charge in [-0.3, -0.25) is 0 Å².